The zero-order valence-corrected chi connectivity index (χ0v) is 5.74. The van der Waals surface area contributed by atoms with Crippen molar-refractivity contribution in [1.82, 2.24) is 14.9 Å². The Labute approximate surface area is 58.9 Å². The summed E-state index contributed by atoms with van der Waals surface area (Å²) in [6.45, 7) is 0.538. The van der Waals surface area contributed by atoms with Gasteiger partial charge >= 0.3 is 0 Å². The molecule has 54 valence electrons. The van der Waals surface area contributed by atoms with Crippen molar-refractivity contribution in [2.75, 3.05) is 7.05 Å². The normalized spacial score (nSPS) is 9.30. The van der Waals surface area contributed by atoms with Gasteiger partial charge in [0.05, 0.1) is 6.54 Å². The summed E-state index contributed by atoms with van der Waals surface area (Å²) >= 11 is 0. The number of aromatic nitrogens is 2. The molecule has 1 rings (SSSR count). The summed E-state index contributed by atoms with van der Waals surface area (Å²) < 4.78 is 0. The minimum absolute atomic E-state index is 0.538. The summed E-state index contributed by atoms with van der Waals surface area (Å²) in [7, 11) is 1.70. The summed E-state index contributed by atoms with van der Waals surface area (Å²) in [5.41, 5.74) is 0. The lowest BCUT2D eigenvalue weighted by atomic mass is 10.6. The van der Waals surface area contributed by atoms with Crippen LogP contribution < -0.4 is 0 Å². The first-order chi connectivity index (χ1) is 4.83. The summed E-state index contributed by atoms with van der Waals surface area (Å²) in [5, 5.41) is 0. The second-order valence-corrected chi connectivity index (χ2v) is 2.06. The lowest BCUT2D eigenvalue weighted by molar-refractivity contribution is -0.117. The van der Waals surface area contributed by atoms with Gasteiger partial charge in [-0.1, -0.05) is 0 Å². The Bertz CT molecular complexity index is 195. The molecule has 0 aliphatic heterocycles. The van der Waals surface area contributed by atoms with Crippen LogP contribution in [0.3, 0.4) is 0 Å². The fourth-order valence-corrected chi connectivity index (χ4v) is 0.658. The van der Waals surface area contributed by atoms with E-state index in [1.165, 1.54) is 4.90 Å². The molecule has 1 N–H and O–H groups in total. The van der Waals surface area contributed by atoms with E-state index in [0.29, 0.717) is 6.54 Å². The lowest BCUT2D eigenvalue weighted by Crippen LogP contribution is -2.15. The third-order valence-corrected chi connectivity index (χ3v) is 1.13. The molecule has 1 amide bonds. The molecular formula is C6H9N3O. The summed E-state index contributed by atoms with van der Waals surface area (Å²) in [4.78, 5) is 18.5. The topological polar surface area (TPSA) is 49.0 Å². The van der Waals surface area contributed by atoms with Crippen LogP contribution in [0.5, 0.6) is 0 Å². The molecule has 0 unspecified atom stereocenters. The Morgan fingerprint density at radius 1 is 1.90 bits per heavy atom. The molecule has 4 heteroatoms. The van der Waals surface area contributed by atoms with E-state index in [2.05, 4.69) is 9.97 Å². The first-order valence-corrected chi connectivity index (χ1v) is 2.96. The SMILES string of the molecule is CN(C=O)Cc1ncc[nH]1. The maximum absolute atomic E-state index is 10.1. The van der Waals surface area contributed by atoms with Crippen LogP contribution in [0.25, 0.3) is 0 Å². The van der Waals surface area contributed by atoms with E-state index in [0.717, 1.165) is 12.2 Å². The third kappa shape index (κ3) is 1.58. The molecule has 0 fully saturated rings. The van der Waals surface area contributed by atoms with Gasteiger partial charge < -0.3 is 9.88 Å². The molecule has 1 heterocycles. The number of aromatic amines is 1. The van der Waals surface area contributed by atoms with Crippen LogP contribution in [0.15, 0.2) is 12.4 Å². The molecular weight excluding hydrogens is 130 g/mol. The average molecular weight is 139 g/mol. The van der Waals surface area contributed by atoms with E-state index in [-0.39, 0.29) is 0 Å². The van der Waals surface area contributed by atoms with Crippen LogP contribution in [-0.2, 0) is 11.3 Å². The quantitative estimate of drug-likeness (QED) is 0.599. The Kier molecular flexibility index (Phi) is 2.04. The number of rotatable bonds is 3. The van der Waals surface area contributed by atoms with E-state index in [1.54, 1.807) is 19.4 Å². The molecule has 1 aromatic rings. The van der Waals surface area contributed by atoms with Gasteiger partial charge in [-0.15, -0.1) is 0 Å². The number of nitrogens with one attached hydrogen (secondary N) is 1. The van der Waals surface area contributed by atoms with Crippen LogP contribution in [0, 0.1) is 0 Å². The van der Waals surface area contributed by atoms with Crippen molar-refractivity contribution >= 4 is 6.41 Å². The molecule has 0 aromatic carbocycles. The molecule has 10 heavy (non-hydrogen) atoms. The zero-order valence-electron chi connectivity index (χ0n) is 5.74. The first kappa shape index (κ1) is 6.80. The van der Waals surface area contributed by atoms with E-state index in [1.807, 2.05) is 0 Å². The minimum atomic E-state index is 0.538. The minimum Gasteiger partial charge on any atom is -0.347 e. The summed E-state index contributed by atoms with van der Waals surface area (Å²) in [5.74, 6) is 0.801. The van der Waals surface area contributed by atoms with Crippen LogP contribution >= 0.6 is 0 Å². The van der Waals surface area contributed by atoms with Gasteiger partial charge in [0, 0.05) is 19.4 Å². The van der Waals surface area contributed by atoms with E-state index >= 15 is 0 Å². The molecule has 0 aliphatic rings. The van der Waals surface area contributed by atoms with Crippen molar-refractivity contribution in [2.45, 2.75) is 6.54 Å². The van der Waals surface area contributed by atoms with Gasteiger partial charge in [-0.05, 0) is 0 Å². The Morgan fingerprint density at radius 3 is 3.20 bits per heavy atom. The monoisotopic (exact) mass is 139 g/mol. The van der Waals surface area contributed by atoms with Gasteiger partial charge in [-0.2, -0.15) is 0 Å². The van der Waals surface area contributed by atoms with E-state index in [9.17, 15) is 4.79 Å². The number of amides is 1. The number of carbonyl (C=O) groups is 1. The van der Waals surface area contributed by atoms with Gasteiger partial charge in [-0.25, -0.2) is 4.98 Å². The summed E-state index contributed by atoms with van der Waals surface area (Å²) in [6.07, 6.45) is 4.16. The maximum Gasteiger partial charge on any atom is 0.209 e. The maximum atomic E-state index is 10.1. The molecule has 0 aliphatic carbocycles. The largest absolute Gasteiger partial charge is 0.347 e. The number of carbonyl (C=O) groups excluding carboxylic acids is 1. The molecule has 0 bridgehead atoms. The molecule has 0 saturated heterocycles. The zero-order chi connectivity index (χ0) is 7.40. The molecule has 0 saturated carbocycles. The highest BCUT2D eigenvalue weighted by Crippen LogP contribution is 1.91. The fraction of sp³-hybridized carbons (Fsp3) is 0.333. The standard InChI is InChI=1S/C6H9N3O/c1-9(5-10)4-6-7-2-3-8-6/h2-3,5H,4H2,1H3,(H,7,8). The Morgan fingerprint density at radius 2 is 2.70 bits per heavy atom. The van der Waals surface area contributed by atoms with Gasteiger partial charge in [0.1, 0.15) is 5.82 Å². The van der Waals surface area contributed by atoms with Gasteiger partial charge in [0.2, 0.25) is 6.41 Å². The second kappa shape index (κ2) is 3.00. The van der Waals surface area contributed by atoms with Crippen molar-refractivity contribution < 1.29 is 4.79 Å². The predicted octanol–water partition coefficient (Wildman–Crippen LogP) is -0.00210. The van der Waals surface area contributed by atoms with E-state index < -0.39 is 0 Å². The van der Waals surface area contributed by atoms with Gasteiger partial charge in [0.15, 0.2) is 0 Å². The number of H-pyrrole nitrogens is 1. The smallest absolute Gasteiger partial charge is 0.209 e. The van der Waals surface area contributed by atoms with Crippen LogP contribution in [0.2, 0.25) is 0 Å². The fourth-order valence-electron chi connectivity index (χ4n) is 0.658. The second-order valence-electron chi connectivity index (χ2n) is 2.06. The molecule has 4 nitrogen and oxygen atoms in total. The van der Waals surface area contributed by atoms with Crippen LogP contribution in [0.4, 0.5) is 0 Å². The molecule has 0 radical (unpaired) electrons. The highest BCUT2D eigenvalue weighted by molar-refractivity contribution is 5.46. The van der Waals surface area contributed by atoms with Crippen molar-refractivity contribution in [3.05, 3.63) is 18.2 Å². The Hall–Kier alpha value is -1.32. The highest BCUT2D eigenvalue weighted by atomic mass is 16.1. The number of hydrogen-bond acceptors (Lipinski definition) is 2. The van der Waals surface area contributed by atoms with E-state index in [4.69, 9.17) is 0 Å². The first-order valence-electron chi connectivity index (χ1n) is 2.96. The van der Waals surface area contributed by atoms with Crippen LogP contribution in [-0.4, -0.2) is 28.3 Å². The number of nitrogens with zero attached hydrogens (tertiary/aromatic N) is 2. The Balaban J connectivity index is 2.47. The van der Waals surface area contributed by atoms with Gasteiger partial charge in [0.25, 0.3) is 0 Å². The van der Waals surface area contributed by atoms with Crippen molar-refractivity contribution in [3.8, 4) is 0 Å². The van der Waals surface area contributed by atoms with Crippen LogP contribution in [0.1, 0.15) is 5.82 Å². The number of hydrogen-bond donors (Lipinski definition) is 1. The van der Waals surface area contributed by atoms with Crippen molar-refractivity contribution in [1.29, 1.82) is 0 Å². The van der Waals surface area contributed by atoms with Crippen molar-refractivity contribution in [2.24, 2.45) is 0 Å². The lowest BCUT2D eigenvalue weighted by Gasteiger charge is -2.06. The predicted molar refractivity (Wildman–Crippen MR) is 36.1 cm³/mol. The number of imidazole rings is 1. The molecule has 1 aromatic heterocycles. The molecule has 0 atom stereocenters. The van der Waals surface area contributed by atoms with Gasteiger partial charge in [-0.3, -0.25) is 4.79 Å². The average Bonchev–Trinajstić information content (AvgIpc) is 2.40. The highest BCUT2D eigenvalue weighted by Gasteiger charge is 1.96. The third-order valence-electron chi connectivity index (χ3n) is 1.13. The molecule has 0 spiro atoms. The summed E-state index contributed by atoms with van der Waals surface area (Å²) in [6, 6.07) is 0. The van der Waals surface area contributed by atoms with Crippen molar-refractivity contribution in [3.63, 3.8) is 0 Å².